The van der Waals surface area contributed by atoms with Crippen molar-refractivity contribution in [2.24, 2.45) is 0 Å². The number of nitrogens with one attached hydrogen (secondary N) is 1. The van der Waals surface area contributed by atoms with E-state index in [1.54, 1.807) is 6.07 Å². The van der Waals surface area contributed by atoms with Crippen LogP contribution in [-0.4, -0.2) is 28.9 Å². The van der Waals surface area contributed by atoms with Gasteiger partial charge in [0.25, 0.3) is 5.91 Å². The number of halogens is 1. The molecule has 2 saturated heterocycles. The Morgan fingerprint density at radius 2 is 1.93 bits per heavy atom. The highest BCUT2D eigenvalue weighted by atomic mass is 35.5. The van der Waals surface area contributed by atoms with E-state index >= 15 is 0 Å². The molecule has 30 heavy (non-hydrogen) atoms. The van der Waals surface area contributed by atoms with E-state index in [0.29, 0.717) is 10.6 Å². The number of amides is 1. The molecule has 3 atom stereocenters. The van der Waals surface area contributed by atoms with E-state index in [4.69, 9.17) is 11.6 Å². The van der Waals surface area contributed by atoms with Gasteiger partial charge in [-0.05, 0) is 67.0 Å². The van der Waals surface area contributed by atoms with Crippen molar-refractivity contribution in [3.05, 3.63) is 58.6 Å². The number of hydrogen-bond donors (Lipinski definition) is 1. The Bertz CT molecular complexity index is 1110. The minimum absolute atomic E-state index is 0.0102. The highest BCUT2D eigenvalue weighted by Gasteiger charge is 2.47. The van der Waals surface area contributed by atoms with E-state index in [9.17, 15) is 15.3 Å². The maximum absolute atomic E-state index is 12.8. The van der Waals surface area contributed by atoms with Crippen molar-refractivity contribution in [1.82, 2.24) is 10.2 Å². The summed E-state index contributed by atoms with van der Waals surface area (Å²) < 4.78 is 0. The molecule has 1 N–H and O–H groups in total. The van der Waals surface area contributed by atoms with Crippen LogP contribution >= 0.6 is 11.6 Å². The molecule has 3 aliphatic rings. The Labute approximate surface area is 180 Å². The van der Waals surface area contributed by atoms with Crippen LogP contribution in [-0.2, 0) is 5.41 Å². The van der Waals surface area contributed by atoms with Crippen molar-refractivity contribution in [3.63, 3.8) is 0 Å². The fourth-order valence-corrected chi connectivity index (χ4v) is 5.28. The van der Waals surface area contributed by atoms with E-state index < -0.39 is 0 Å². The first-order valence-corrected chi connectivity index (χ1v) is 10.7. The van der Waals surface area contributed by atoms with E-state index in [-0.39, 0.29) is 29.4 Å². The standard InChI is InChI=1S/C24H21ClN4O/c25-20-11-16(15-2-1-3-17(10-15)24(13-26)8-9-24)4-6-19(20)23(30)28-21-12-18-5-7-22(21)29(18)14-27/h1-4,6,10-11,18,21-22H,5,7-9,12H2,(H,28,30)/t18-,21+,22+/m0/s1. The molecule has 6 heteroatoms. The zero-order chi connectivity index (χ0) is 20.9. The van der Waals surface area contributed by atoms with Gasteiger partial charge in [-0.15, -0.1) is 0 Å². The molecular formula is C24H21ClN4O. The molecule has 5 rings (SSSR count). The lowest BCUT2D eigenvalue weighted by Gasteiger charge is -2.22. The summed E-state index contributed by atoms with van der Waals surface area (Å²) in [5, 5.41) is 22.3. The van der Waals surface area contributed by atoms with Gasteiger partial charge in [-0.1, -0.05) is 35.9 Å². The molecule has 5 nitrogen and oxygen atoms in total. The second-order valence-electron chi connectivity index (χ2n) is 8.59. The molecule has 0 spiro atoms. The highest BCUT2D eigenvalue weighted by Crippen LogP contribution is 2.48. The Morgan fingerprint density at radius 1 is 1.13 bits per heavy atom. The second kappa shape index (κ2) is 7.04. The van der Waals surface area contributed by atoms with Gasteiger partial charge in [-0.3, -0.25) is 4.79 Å². The highest BCUT2D eigenvalue weighted by molar-refractivity contribution is 6.34. The molecule has 3 fully saturated rings. The molecular weight excluding hydrogens is 396 g/mol. The van der Waals surface area contributed by atoms with Crippen LogP contribution in [0, 0.1) is 22.8 Å². The number of benzene rings is 2. The van der Waals surface area contributed by atoms with Crippen molar-refractivity contribution in [2.45, 2.75) is 55.6 Å². The summed E-state index contributed by atoms with van der Waals surface area (Å²) in [5.41, 5.74) is 3.05. The Balaban J connectivity index is 1.35. The van der Waals surface area contributed by atoms with Crippen LogP contribution in [0.1, 0.15) is 48.0 Å². The molecule has 2 bridgehead atoms. The van der Waals surface area contributed by atoms with Crippen LogP contribution in [0.25, 0.3) is 11.1 Å². The van der Waals surface area contributed by atoms with Crippen molar-refractivity contribution in [3.8, 4) is 23.4 Å². The lowest BCUT2D eigenvalue weighted by atomic mass is 9.93. The van der Waals surface area contributed by atoms with Gasteiger partial charge in [-0.25, -0.2) is 0 Å². The summed E-state index contributed by atoms with van der Waals surface area (Å²) in [6.45, 7) is 0. The number of hydrogen-bond acceptors (Lipinski definition) is 4. The summed E-state index contributed by atoms with van der Waals surface area (Å²) in [6, 6.07) is 16.2. The molecule has 1 saturated carbocycles. The fourth-order valence-electron chi connectivity index (χ4n) is 5.01. The predicted octanol–water partition coefficient (Wildman–Crippen LogP) is 4.38. The molecule has 0 unspecified atom stereocenters. The van der Waals surface area contributed by atoms with Crippen molar-refractivity contribution in [2.75, 3.05) is 0 Å². The van der Waals surface area contributed by atoms with Crippen LogP contribution in [0.4, 0.5) is 0 Å². The zero-order valence-electron chi connectivity index (χ0n) is 16.4. The monoisotopic (exact) mass is 416 g/mol. The van der Waals surface area contributed by atoms with Crippen LogP contribution in [0.15, 0.2) is 42.5 Å². The number of carbonyl (C=O) groups excluding carboxylic acids is 1. The van der Waals surface area contributed by atoms with Crippen LogP contribution in [0.3, 0.4) is 0 Å². The molecule has 1 aliphatic carbocycles. The molecule has 1 amide bonds. The lowest BCUT2D eigenvalue weighted by molar-refractivity contribution is 0.0928. The SMILES string of the molecule is N#CN1[C@H]2CC[C@@H]1[C@H](NC(=O)c1ccc(-c3cccc(C4(C#N)CC4)c3)cc1Cl)C2. The Morgan fingerprint density at radius 3 is 2.60 bits per heavy atom. The maximum atomic E-state index is 12.8. The molecule has 2 heterocycles. The smallest absolute Gasteiger partial charge is 0.253 e. The van der Waals surface area contributed by atoms with Crippen LogP contribution < -0.4 is 5.32 Å². The Hall–Kier alpha value is -3.02. The summed E-state index contributed by atoms with van der Waals surface area (Å²) >= 11 is 6.49. The normalized spacial score (nSPS) is 25.4. The lowest BCUT2D eigenvalue weighted by Crippen LogP contribution is -2.43. The first kappa shape index (κ1) is 19.0. The van der Waals surface area contributed by atoms with E-state index in [0.717, 1.165) is 48.8 Å². The second-order valence-corrected chi connectivity index (χ2v) is 9.00. The van der Waals surface area contributed by atoms with Gasteiger partial charge in [0.2, 0.25) is 0 Å². The van der Waals surface area contributed by atoms with Gasteiger partial charge in [0.1, 0.15) is 0 Å². The maximum Gasteiger partial charge on any atom is 0.253 e. The van der Waals surface area contributed by atoms with E-state index in [1.165, 1.54) is 0 Å². The molecule has 2 aromatic rings. The zero-order valence-corrected chi connectivity index (χ0v) is 17.2. The summed E-state index contributed by atoms with van der Waals surface area (Å²) in [6.07, 6.45) is 6.84. The van der Waals surface area contributed by atoms with Gasteiger partial charge in [0.05, 0.1) is 34.2 Å². The first-order valence-electron chi connectivity index (χ1n) is 10.4. The summed E-state index contributed by atoms with van der Waals surface area (Å²) in [7, 11) is 0. The fraction of sp³-hybridized carbons (Fsp3) is 0.375. The third-order valence-electron chi connectivity index (χ3n) is 6.89. The number of carbonyl (C=O) groups is 1. The van der Waals surface area contributed by atoms with Gasteiger partial charge < -0.3 is 10.2 Å². The predicted molar refractivity (Wildman–Crippen MR) is 114 cm³/mol. The third-order valence-corrected chi connectivity index (χ3v) is 7.21. The van der Waals surface area contributed by atoms with Gasteiger partial charge in [-0.2, -0.15) is 10.5 Å². The van der Waals surface area contributed by atoms with E-state index in [1.807, 2.05) is 41.3 Å². The molecule has 0 aromatic heterocycles. The van der Waals surface area contributed by atoms with Crippen LogP contribution in [0.5, 0.6) is 0 Å². The number of nitrogens with zero attached hydrogens (tertiary/aromatic N) is 3. The number of rotatable bonds is 4. The Kier molecular flexibility index (Phi) is 4.45. The minimum atomic E-state index is -0.336. The summed E-state index contributed by atoms with van der Waals surface area (Å²) in [5.74, 6) is -0.197. The van der Waals surface area contributed by atoms with Crippen LogP contribution in [0.2, 0.25) is 5.02 Å². The van der Waals surface area contributed by atoms with E-state index in [2.05, 4.69) is 17.6 Å². The minimum Gasteiger partial charge on any atom is -0.347 e. The van der Waals surface area contributed by atoms with Crippen molar-refractivity contribution < 1.29 is 4.79 Å². The molecule has 150 valence electrons. The van der Waals surface area contributed by atoms with Crippen molar-refractivity contribution in [1.29, 1.82) is 10.5 Å². The van der Waals surface area contributed by atoms with Gasteiger partial charge in [0.15, 0.2) is 6.19 Å². The molecule has 0 radical (unpaired) electrons. The number of nitriles is 2. The first-order chi connectivity index (χ1) is 14.5. The topological polar surface area (TPSA) is 79.9 Å². The average Bonchev–Trinajstić information content (AvgIpc) is 3.38. The van der Waals surface area contributed by atoms with Crippen molar-refractivity contribution >= 4 is 17.5 Å². The molecule has 2 aliphatic heterocycles. The summed E-state index contributed by atoms with van der Waals surface area (Å²) in [4.78, 5) is 14.7. The largest absolute Gasteiger partial charge is 0.347 e. The average molecular weight is 417 g/mol. The molecule has 2 aromatic carbocycles. The third kappa shape index (κ3) is 3.02. The quantitative estimate of drug-likeness (QED) is 0.750. The van der Waals surface area contributed by atoms with Gasteiger partial charge >= 0.3 is 0 Å². The number of fused-ring (bicyclic) bond motifs is 2. The van der Waals surface area contributed by atoms with Gasteiger partial charge in [0, 0.05) is 6.04 Å².